The van der Waals surface area contributed by atoms with E-state index >= 15 is 0 Å². The molecule has 7 heteroatoms. The number of anilines is 1. The van der Waals surface area contributed by atoms with Crippen molar-refractivity contribution in [2.24, 2.45) is 7.05 Å². The van der Waals surface area contributed by atoms with E-state index in [4.69, 9.17) is 21.3 Å². The van der Waals surface area contributed by atoms with E-state index in [-0.39, 0.29) is 11.9 Å². The summed E-state index contributed by atoms with van der Waals surface area (Å²) in [5.41, 5.74) is 3.23. The summed E-state index contributed by atoms with van der Waals surface area (Å²) in [7, 11) is 1.89. The van der Waals surface area contributed by atoms with Gasteiger partial charge in [0.2, 0.25) is 0 Å². The number of halogens is 2. The molecule has 0 saturated carbocycles. The van der Waals surface area contributed by atoms with Crippen LogP contribution in [0.5, 0.6) is 0 Å². The third kappa shape index (κ3) is 3.89. The van der Waals surface area contributed by atoms with E-state index in [0.717, 1.165) is 27.7 Å². The Bertz CT molecular complexity index is 1270. The minimum atomic E-state index is -0.380. The molecule has 2 aromatic heterocycles. The van der Waals surface area contributed by atoms with Crippen LogP contribution in [0.25, 0.3) is 22.0 Å². The molecule has 1 atom stereocenters. The van der Waals surface area contributed by atoms with Gasteiger partial charge in [-0.15, -0.1) is 0 Å². The SMILES string of the molecule is Cc1ccc2c(-c3ccc(Cl)cc3F)nc(N3CCO[C@@H](c4cnn(C)c4)C3)cc2c1. The van der Waals surface area contributed by atoms with Crippen molar-refractivity contribution in [3.8, 4) is 11.3 Å². The molecule has 5 rings (SSSR count). The van der Waals surface area contributed by atoms with E-state index < -0.39 is 0 Å². The van der Waals surface area contributed by atoms with Crippen LogP contribution in [0.4, 0.5) is 10.2 Å². The third-order valence-electron chi connectivity index (χ3n) is 5.65. The highest BCUT2D eigenvalue weighted by atomic mass is 35.5. The Kier molecular flexibility index (Phi) is 5.12. The summed E-state index contributed by atoms with van der Waals surface area (Å²) >= 11 is 5.98. The van der Waals surface area contributed by atoms with Crippen LogP contribution in [0.3, 0.4) is 0 Å². The standard InChI is InChI=1S/C24H22ClFN4O/c1-15-3-5-19-16(9-15)10-23(28-24(19)20-6-4-18(25)11-21(20)26)30-7-8-31-22(14-30)17-12-27-29(2)13-17/h3-6,9-13,22H,7-8,14H2,1-2H3/t22-/m1/s1. The van der Waals surface area contributed by atoms with Gasteiger partial charge in [0.1, 0.15) is 17.7 Å². The average molecular weight is 437 g/mol. The van der Waals surface area contributed by atoms with Crippen LogP contribution in [0.1, 0.15) is 17.2 Å². The first kappa shape index (κ1) is 20.0. The lowest BCUT2D eigenvalue weighted by molar-refractivity contribution is 0.0395. The monoisotopic (exact) mass is 436 g/mol. The van der Waals surface area contributed by atoms with Crippen LogP contribution in [0.2, 0.25) is 5.02 Å². The molecule has 0 radical (unpaired) electrons. The summed E-state index contributed by atoms with van der Waals surface area (Å²) in [6, 6.07) is 12.9. The summed E-state index contributed by atoms with van der Waals surface area (Å²) in [5, 5.41) is 6.56. The summed E-state index contributed by atoms with van der Waals surface area (Å²) in [5.74, 6) is 0.425. The van der Waals surface area contributed by atoms with Gasteiger partial charge in [0.15, 0.2) is 0 Å². The fraction of sp³-hybridized carbons (Fsp3) is 0.250. The van der Waals surface area contributed by atoms with Crippen LogP contribution in [-0.4, -0.2) is 34.5 Å². The Balaban J connectivity index is 1.60. The molecule has 0 spiro atoms. The first-order valence-electron chi connectivity index (χ1n) is 10.2. The summed E-state index contributed by atoms with van der Waals surface area (Å²) in [6.45, 7) is 4.00. The highest BCUT2D eigenvalue weighted by Crippen LogP contribution is 2.34. The van der Waals surface area contributed by atoms with Crippen LogP contribution in [-0.2, 0) is 11.8 Å². The van der Waals surface area contributed by atoms with Gasteiger partial charge in [0.25, 0.3) is 0 Å². The Morgan fingerprint density at radius 2 is 2.03 bits per heavy atom. The number of rotatable bonds is 3. The molecule has 1 fully saturated rings. The van der Waals surface area contributed by atoms with Gasteiger partial charge in [-0.2, -0.15) is 5.10 Å². The maximum Gasteiger partial charge on any atom is 0.134 e. The number of aromatic nitrogens is 3. The number of hydrogen-bond acceptors (Lipinski definition) is 4. The van der Waals surface area contributed by atoms with E-state index in [1.54, 1.807) is 16.8 Å². The second-order valence-electron chi connectivity index (χ2n) is 7.93. The maximum absolute atomic E-state index is 14.8. The molecule has 0 aliphatic carbocycles. The minimum absolute atomic E-state index is 0.0897. The molecule has 5 nitrogen and oxygen atoms in total. The van der Waals surface area contributed by atoms with Crippen LogP contribution in [0.15, 0.2) is 54.9 Å². The maximum atomic E-state index is 14.8. The fourth-order valence-electron chi connectivity index (χ4n) is 4.08. The van der Waals surface area contributed by atoms with Crippen molar-refractivity contribution in [1.29, 1.82) is 0 Å². The van der Waals surface area contributed by atoms with E-state index in [2.05, 4.69) is 29.1 Å². The number of benzene rings is 2. The zero-order valence-electron chi connectivity index (χ0n) is 17.3. The van der Waals surface area contributed by atoms with Gasteiger partial charge in [-0.25, -0.2) is 9.37 Å². The third-order valence-corrected chi connectivity index (χ3v) is 5.88. The van der Waals surface area contributed by atoms with Gasteiger partial charge in [0.05, 0.1) is 18.5 Å². The van der Waals surface area contributed by atoms with Gasteiger partial charge in [-0.05, 0) is 36.6 Å². The lowest BCUT2D eigenvalue weighted by atomic mass is 10.0. The molecule has 0 N–H and O–H groups in total. The molecule has 3 heterocycles. The Morgan fingerprint density at radius 1 is 1.16 bits per heavy atom. The molecule has 2 aromatic carbocycles. The summed E-state index contributed by atoms with van der Waals surface area (Å²) < 4.78 is 22.6. The van der Waals surface area contributed by atoms with Crippen molar-refractivity contribution in [3.05, 3.63) is 76.8 Å². The highest BCUT2D eigenvalue weighted by molar-refractivity contribution is 6.30. The molecule has 1 aliphatic heterocycles. The number of nitrogens with zero attached hydrogens (tertiary/aromatic N) is 4. The quantitative estimate of drug-likeness (QED) is 0.436. The topological polar surface area (TPSA) is 43.2 Å². The van der Waals surface area contributed by atoms with E-state index in [0.29, 0.717) is 36.0 Å². The molecule has 158 valence electrons. The van der Waals surface area contributed by atoms with Gasteiger partial charge < -0.3 is 9.64 Å². The van der Waals surface area contributed by atoms with Gasteiger partial charge >= 0.3 is 0 Å². The molecule has 1 aliphatic rings. The summed E-state index contributed by atoms with van der Waals surface area (Å²) in [6.07, 6.45) is 3.72. The number of pyridine rings is 1. The first-order chi connectivity index (χ1) is 15.0. The predicted octanol–water partition coefficient (Wildman–Crippen LogP) is 5.31. The molecule has 1 saturated heterocycles. The minimum Gasteiger partial charge on any atom is -0.370 e. The largest absolute Gasteiger partial charge is 0.370 e. The highest BCUT2D eigenvalue weighted by Gasteiger charge is 2.25. The zero-order valence-corrected chi connectivity index (χ0v) is 18.1. The molecule has 0 amide bonds. The number of fused-ring (bicyclic) bond motifs is 1. The molecular weight excluding hydrogens is 415 g/mol. The van der Waals surface area contributed by atoms with Crippen molar-refractivity contribution in [2.75, 3.05) is 24.6 Å². The lowest BCUT2D eigenvalue weighted by Crippen LogP contribution is -2.38. The van der Waals surface area contributed by atoms with Crippen LogP contribution in [0, 0.1) is 12.7 Å². The number of aryl methyl sites for hydroxylation is 2. The van der Waals surface area contributed by atoms with Crippen molar-refractivity contribution >= 4 is 28.2 Å². The Labute approximate surface area is 185 Å². The number of hydrogen-bond donors (Lipinski definition) is 0. The molecule has 31 heavy (non-hydrogen) atoms. The van der Waals surface area contributed by atoms with Crippen molar-refractivity contribution in [3.63, 3.8) is 0 Å². The Hall–Kier alpha value is -2.96. The normalized spacial score (nSPS) is 16.8. The first-order valence-corrected chi connectivity index (χ1v) is 10.6. The zero-order chi connectivity index (χ0) is 21.5. The fourth-order valence-corrected chi connectivity index (χ4v) is 4.24. The van der Waals surface area contributed by atoms with Crippen molar-refractivity contribution in [1.82, 2.24) is 14.8 Å². The van der Waals surface area contributed by atoms with Gasteiger partial charge in [-0.1, -0.05) is 35.4 Å². The van der Waals surface area contributed by atoms with Crippen molar-refractivity contribution in [2.45, 2.75) is 13.0 Å². The van der Waals surface area contributed by atoms with Gasteiger partial charge in [0, 0.05) is 47.9 Å². The van der Waals surface area contributed by atoms with Crippen LogP contribution >= 0.6 is 11.6 Å². The van der Waals surface area contributed by atoms with E-state index in [1.165, 1.54) is 6.07 Å². The summed E-state index contributed by atoms with van der Waals surface area (Å²) in [4.78, 5) is 7.11. The van der Waals surface area contributed by atoms with Crippen molar-refractivity contribution < 1.29 is 9.13 Å². The second-order valence-corrected chi connectivity index (χ2v) is 8.37. The number of morpholine rings is 1. The average Bonchev–Trinajstić information content (AvgIpc) is 3.19. The molecule has 4 aromatic rings. The van der Waals surface area contributed by atoms with Gasteiger partial charge in [-0.3, -0.25) is 4.68 Å². The van der Waals surface area contributed by atoms with E-state index in [9.17, 15) is 4.39 Å². The molecular formula is C24H22ClFN4O. The lowest BCUT2D eigenvalue weighted by Gasteiger charge is -2.33. The number of ether oxygens (including phenoxy) is 1. The van der Waals surface area contributed by atoms with Crippen LogP contribution < -0.4 is 4.90 Å². The molecule has 0 unspecified atom stereocenters. The van der Waals surface area contributed by atoms with E-state index in [1.807, 2.05) is 31.6 Å². The smallest absolute Gasteiger partial charge is 0.134 e. The predicted molar refractivity (Wildman–Crippen MR) is 121 cm³/mol. The molecule has 0 bridgehead atoms. The second kappa shape index (κ2) is 7.94. The Morgan fingerprint density at radius 3 is 2.81 bits per heavy atom.